The van der Waals surface area contributed by atoms with Gasteiger partial charge >= 0.3 is 0 Å². The monoisotopic (exact) mass is 792 g/mol. The maximum Gasteiger partial charge on any atom is 0.273 e. The molecule has 2 N–H and O–H groups in total. The van der Waals surface area contributed by atoms with Gasteiger partial charge in [0.25, 0.3) is 11.8 Å². The van der Waals surface area contributed by atoms with E-state index in [2.05, 4.69) is 34.4 Å². The number of piperidine rings is 1. The van der Waals surface area contributed by atoms with Gasteiger partial charge in [-0.25, -0.2) is 9.37 Å². The van der Waals surface area contributed by atoms with Crippen molar-refractivity contribution in [1.82, 2.24) is 25.0 Å². The molecular formula is C42H57FN6O6S. The van der Waals surface area contributed by atoms with Crippen LogP contribution in [0.1, 0.15) is 72.2 Å². The second-order valence-electron chi connectivity index (χ2n) is 15.4. The molecule has 0 unspecified atom stereocenters. The minimum Gasteiger partial charge on any atom is -0.481 e. The Morgan fingerprint density at radius 3 is 2.66 bits per heavy atom. The van der Waals surface area contributed by atoms with Crippen LogP contribution in [0.25, 0.3) is 0 Å². The second kappa shape index (κ2) is 20.0. The number of carbonyl (C=O) groups excluding carboxylic acids is 3. The van der Waals surface area contributed by atoms with Gasteiger partial charge in [0.05, 0.1) is 49.1 Å². The highest BCUT2D eigenvalue weighted by molar-refractivity contribution is 7.09. The molecular weight excluding hydrogens is 736 g/mol. The van der Waals surface area contributed by atoms with E-state index in [0.29, 0.717) is 93.9 Å². The molecule has 2 saturated heterocycles. The van der Waals surface area contributed by atoms with Crippen molar-refractivity contribution in [2.75, 3.05) is 84.1 Å². The summed E-state index contributed by atoms with van der Waals surface area (Å²) in [6.45, 7) is 13.1. The van der Waals surface area contributed by atoms with E-state index >= 15 is 4.39 Å². The van der Waals surface area contributed by atoms with Gasteiger partial charge in [0.15, 0.2) is 6.61 Å². The molecule has 1 aromatic heterocycles. The Bertz CT molecular complexity index is 1800. The summed E-state index contributed by atoms with van der Waals surface area (Å²) in [4.78, 5) is 48.4. The Labute approximate surface area is 334 Å². The van der Waals surface area contributed by atoms with Gasteiger partial charge in [-0.3, -0.25) is 19.3 Å². The van der Waals surface area contributed by atoms with Crippen LogP contribution in [0.3, 0.4) is 0 Å². The predicted molar refractivity (Wildman–Crippen MR) is 215 cm³/mol. The topological polar surface area (TPSA) is 126 Å². The molecule has 0 aliphatic carbocycles. The normalized spacial score (nSPS) is 16.8. The van der Waals surface area contributed by atoms with Crippen LogP contribution >= 0.6 is 11.3 Å². The zero-order chi connectivity index (χ0) is 39.5. The van der Waals surface area contributed by atoms with Crippen LogP contribution in [0.5, 0.6) is 5.75 Å². The van der Waals surface area contributed by atoms with Crippen LogP contribution in [-0.2, 0) is 44.9 Å². The number of benzene rings is 2. The number of anilines is 1. The number of para-hydroxylation sites is 1. The number of likely N-dealkylation sites (N-methyl/N-ethyl adjacent to an activating group) is 1. The van der Waals surface area contributed by atoms with E-state index < -0.39 is 0 Å². The van der Waals surface area contributed by atoms with E-state index in [9.17, 15) is 14.4 Å². The molecule has 0 saturated carbocycles. The summed E-state index contributed by atoms with van der Waals surface area (Å²) < 4.78 is 33.4. The molecule has 3 amide bonds. The largest absolute Gasteiger partial charge is 0.481 e. The van der Waals surface area contributed by atoms with Crippen molar-refractivity contribution in [2.45, 2.75) is 71.4 Å². The van der Waals surface area contributed by atoms with Crippen molar-refractivity contribution in [3.05, 3.63) is 75.0 Å². The van der Waals surface area contributed by atoms with Gasteiger partial charge in [0.2, 0.25) is 5.91 Å². The van der Waals surface area contributed by atoms with Crippen molar-refractivity contribution in [3.8, 4) is 5.75 Å². The summed E-state index contributed by atoms with van der Waals surface area (Å²) in [5.74, 6) is 0.875. The Kier molecular flexibility index (Phi) is 14.9. The van der Waals surface area contributed by atoms with Crippen LogP contribution < -0.4 is 15.4 Å². The molecule has 0 radical (unpaired) electrons. The fraction of sp³-hybridized carbons (Fsp3) is 0.571. The lowest BCUT2D eigenvalue weighted by molar-refractivity contribution is -0.132. The molecule has 3 aromatic rings. The SMILES string of the molecule is CCN(CCNCCc1cccc2c1OCC(=O)N2)C(=O)CCOCCc1cccc(CN2CCC3(CC2)CN(C(=O)c2csc(CC(C)C)n2)CCO3)c1F. The quantitative estimate of drug-likeness (QED) is 0.172. The third-order valence-corrected chi connectivity index (χ3v) is 11.6. The number of aromatic nitrogens is 1. The van der Waals surface area contributed by atoms with Gasteiger partial charge in [0.1, 0.15) is 17.3 Å². The Balaban J connectivity index is 0.870. The number of morpholine rings is 1. The average molecular weight is 793 g/mol. The summed E-state index contributed by atoms with van der Waals surface area (Å²) in [7, 11) is 0. The fourth-order valence-electron chi connectivity index (χ4n) is 7.64. The number of fused-ring (bicyclic) bond motifs is 1. The van der Waals surface area contributed by atoms with E-state index in [4.69, 9.17) is 14.2 Å². The zero-order valence-corrected chi connectivity index (χ0v) is 33.9. The summed E-state index contributed by atoms with van der Waals surface area (Å²) >= 11 is 1.56. The fourth-order valence-corrected chi connectivity index (χ4v) is 8.62. The van der Waals surface area contributed by atoms with Crippen molar-refractivity contribution in [2.24, 2.45) is 5.92 Å². The molecule has 304 valence electrons. The predicted octanol–water partition coefficient (Wildman–Crippen LogP) is 4.95. The second-order valence-corrected chi connectivity index (χ2v) is 16.3. The number of halogens is 1. The van der Waals surface area contributed by atoms with E-state index in [1.165, 1.54) is 0 Å². The summed E-state index contributed by atoms with van der Waals surface area (Å²) in [5, 5.41) is 9.12. The number of hydrogen-bond donors (Lipinski definition) is 2. The van der Waals surface area contributed by atoms with Crippen molar-refractivity contribution >= 4 is 34.7 Å². The van der Waals surface area contributed by atoms with Gasteiger partial charge in [-0.1, -0.05) is 44.2 Å². The number of nitrogens with one attached hydrogen (secondary N) is 2. The lowest BCUT2D eigenvalue weighted by Gasteiger charge is -2.47. The first kappa shape index (κ1) is 41.7. The zero-order valence-electron chi connectivity index (χ0n) is 33.1. The Morgan fingerprint density at radius 2 is 1.86 bits per heavy atom. The van der Waals surface area contributed by atoms with Gasteiger partial charge < -0.3 is 34.6 Å². The molecule has 3 aliphatic rings. The summed E-state index contributed by atoms with van der Waals surface area (Å²) in [6, 6.07) is 11.3. The number of ether oxygens (including phenoxy) is 3. The molecule has 2 aromatic carbocycles. The van der Waals surface area contributed by atoms with E-state index in [1.54, 1.807) is 17.4 Å². The Morgan fingerprint density at radius 1 is 1.07 bits per heavy atom. The number of amides is 3. The lowest BCUT2D eigenvalue weighted by atomic mass is 9.89. The molecule has 6 rings (SSSR count). The minimum absolute atomic E-state index is 0.0210. The molecule has 2 fully saturated rings. The summed E-state index contributed by atoms with van der Waals surface area (Å²) in [6.07, 6.45) is 3.87. The van der Waals surface area contributed by atoms with Gasteiger partial charge in [0, 0.05) is 63.2 Å². The minimum atomic E-state index is -0.382. The highest BCUT2D eigenvalue weighted by atomic mass is 32.1. The van der Waals surface area contributed by atoms with Crippen molar-refractivity contribution in [3.63, 3.8) is 0 Å². The highest BCUT2D eigenvalue weighted by Gasteiger charge is 2.41. The third-order valence-electron chi connectivity index (χ3n) is 10.8. The van der Waals surface area contributed by atoms with Crippen LogP contribution in [0.15, 0.2) is 41.8 Å². The Hall–Kier alpha value is -3.95. The van der Waals surface area contributed by atoms with Crippen molar-refractivity contribution in [1.29, 1.82) is 0 Å². The molecule has 14 heteroatoms. The van der Waals surface area contributed by atoms with E-state index in [0.717, 1.165) is 55.1 Å². The molecule has 56 heavy (non-hydrogen) atoms. The molecule has 12 nitrogen and oxygen atoms in total. The third kappa shape index (κ3) is 11.1. The van der Waals surface area contributed by atoms with E-state index in [1.807, 2.05) is 52.4 Å². The highest BCUT2D eigenvalue weighted by Crippen LogP contribution is 2.33. The number of rotatable bonds is 18. The van der Waals surface area contributed by atoms with Crippen molar-refractivity contribution < 1.29 is 33.0 Å². The first-order valence-corrected chi connectivity index (χ1v) is 21.0. The lowest BCUT2D eigenvalue weighted by Crippen LogP contribution is -2.58. The number of nitrogens with zero attached hydrogens (tertiary/aromatic N) is 4. The van der Waals surface area contributed by atoms with Crippen LogP contribution in [0.4, 0.5) is 10.1 Å². The smallest absolute Gasteiger partial charge is 0.273 e. The molecule has 0 bridgehead atoms. The van der Waals surface area contributed by atoms with Crippen LogP contribution in [-0.4, -0.2) is 122 Å². The molecule has 3 aliphatic heterocycles. The van der Waals surface area contributed by atoms with Crippen LogP contribution in [0.2, 0.25) is 0 Å². The maximum absolute atomic E-state index is 15.7. The molecule has 1 spiro atoms. The first-order chi connectivity index (χ1) is 27.1. The maximum atomic E-state index is 15.7. The van der Waals surface area contributed by atoms with Gasteiger partial charge in [-0.05, 0) is 62.3 Å². The molecule has 4 heterocycles. The number of carbonyl (C=O) groups is 3. The number of hydrogen-bond acceptors (Lipinski definition) is 10. The van der Waals surface area contributed by atoms with Crippen LogP contribution in [0, 0.1) is 11.7 Å². The number of thiazole rings is 1. The van der Waals surface area contributed by atoms with Gasteiger partial charge in [-0.2, -0.15) is 0 Å². The van der Waals surface area contributed by atoms with E-state index in [-0.39, 0.29) is 48.8 Å². The average Bonchev–Trinajstić information content (AvgIpc) is 3.65. The first-order valence-electron chi connectivity index (χ1n) is 20.1. The standard InChI is InChI=1S/C42H57FN6O6S/c1-4-48(20-17-44-16-11-32-8-6-10-34-40(32)54-27-36(50)45-34)38(51)13-23-53-22-12-31-7-5-9-33(39(31)43)26-47-18-14-42(15-19-47)29-49(21-24-55-42)41(52)35-28-56-37(46-35)25-30(2)3/h5-10,28,30,44H,4,11-27,29H2,1-3H3,(H,45,50). The summed E-state index contributed by atoms with van der Waals surface area (Å²) in [5.41, 5.74) is 3.15. The molecule has 0 atom stereocenters. The number of likely N-dealkylation sites (tertiary alicyclic amines) is 1. The van der Waals surface area contributed by atoms with Gasteiger partial charge in [-0.15, -0.1) is 11.3 Å².